The molecule has 2 atom stereocenters. The molecule has 1 aliphatic rings. The van der Waals surface area contributed by atoms with Gasteiger partial charge in [0, 0.05) is 6.04 Å². The van der Waals surface area contributed by atoms with E-state index in [-0.39, 0.29) is 0 Å². The highest BCUT2D eigenvalue weighted by Gasteiger charge is 2.27. The van der Waals surface area contributed by atoms with Gasteiger partial charge in [-0.25, -0.2) is 4.98 Å². The Morgan fingerprint density at radius 1 is 1.40 bits per heavy atom. The average molecular weight is 271 g/mol. The summed E-state index contributed by atoms with van der Waals surface area (Å²) in [6.45, 7) is 7.92. The van der Waals surface area contributed by atoms with E-state index < -0.39 is 0 Å². The van der Waals surface area contributed by atoms with Gasteiger partial charge in [-0.15, -0.1) is 0 Å². The number of likely N-dealkylation sites (tertiary alicyclic amines) is 1. The molecule has 2 aromatic rings. The highest BCUT2D eigenvalue weighted by molar-refractivity contribution is 5.75. The van der Waals surface area contributed by atoms with Crippen LogP contribution in [-0.2, 0) is 0 Å². The minimum Gasteiger partial charge on any atom is -0.341 e. The topological polar surface area (TPSA) is 31.9 Å². The molecular formula is C17H25N3. The molecule has 1 aromatic heterocycles. The van der Waals surface area contributed by atoms with Crippen LogP contribution in [0.25, 0.3) is 11.0 Å². The summed E-state index contributed by atoms with van der Waals surface area (Å²) >= 11 is 0. The summed E-state index contributed by atoms with van der Waals surface area (Å²) in [7, 11) is 0. The molecule has 1 saturated heterocycles. The minimum atomic E-state index is 0.382. The molecule has 3 nitrogen and oxygen atoms in total. The highest BCUT2D eigenvalue weighted by Crippen LogP contribution is 2.29. The van der Waals surface area contributed by atoms with Crippen LogP contribution >= 0.6 is 0 Å². The van der Waals surface area contributed by atoms with E-state index in [0.29, 0.717) is 12.1 Å². The van der Waals surface area contributed by atoms with Gasteiger partial charge in [0.1, 0.15) is 5.82 Å². The van der Waals surface area contributed by atoms with Crippen molar-refractivity contribution in [3.8, 4) is 0 Å². The van der Waals surface area contributed by atoms with Gasteiger partial charge in [0.25, 0.3) is 0 Å². The first-order valence-corrected chi connectivity index (χ1v) is 7.91. The van der Waals surface area contributed by atoms with Crippen molar-refractivity contribution < 1.29 is 0 Å². The number of nitrogens with one attached hydrogen (secondary N) is 1. The van der Waals surface area contributed by atoms with Gasteiger partial charge in [0.05, 0.1) is 17.1 Å². The van der Waals surface area contributed by atoms with Crippen LogP contribution < -0.4 is 0 Å². The van der Waals surface area contributed by atoms with E-state index >= 15 is 0 Å². The molecule has 20 heavy (non-hydrogen) atoms. The summed E-state index contributed by atoms with van der Waals surface area (Å²) in [5.41, 5.74) is 3.53. The summed E-state index contributed by atoms with van der Waals surface area (Å²) in [6, 6.07) is 7.53. The van der Waals surface area contributed by atoms with Crippen molar-refractivity contribution in [2.24, 2.45) is 0 Å². The maximum atomic E-state index is 4.80. The van der Waals surface area contributed by atoms with E-state index in [4.69, 9.17) is 4.98 Å². The first kappa shape index (κ1) is 13.6. The number of benzene rings is 1. The third-order valence-electron chi connectivity index (χ3n) is 4.69. The molecule has 1 aromatic carbocycles. The molecule has 1 aliphatic heterocycles. The van der Waals surface area contributed by atoms with E-state index in [1.54, 1.807) is 0 Å². The fourth-order valence-corrected chi connectivity index (χ4v) is 3.47. The second-order valence-corrected chi connectivity index (χ2v) is 6.11. The molecule has 1 fully saturated rings. The van der Waals surface area contributed by atoms with Crippen molar-refractivity contribution in [2.75, 3.05) is 6.54 Å². The number of rotatable bonds is 3. The Bertz CT molecular complexity index is 587. The molecule has 0 aliphatic carbocycles. The van der Waals surface area contributed by atoms with Gasteiger partial charge in [-0.05, 0) is 57.4 Å². The number of aromatic nitrogens is 2. The third-order valence-corrected chi connectivity index (χ3v) is 4.69. The van der Waals surface area contributed by atoms with Crippen molar-refractivity contribution in [2.45, 2.75) is 58.5 Å². The van der Waals surface area contributed by atoms with Crippen molar-refractivity contribution in [1.29, 1.82) is 0 Å². The van der Waals surface area contributed by atoms with Gasteiger partial charge in [0.15, 0.2) is 0 Å². The molecule has 0 amide bonds. The predicted octanol–water partition coefficient (Wildman–Crippen LogP) is 4.20. The largest absolute Gasteiger partial charge is 0.341 e. The van der Waals surface area contributed by atoms with E-state index in [0.717, 1.165) is 16.9 Å². The molecule has 2 unspecified atom stereocenters. The van der Waals surface area contributed by atoms with Gasteiger partial charge in [-0.3, -0.25) is 4.90 Å². The van der Waals surface area contributed by atoms with Gasteiger partial charge in [0.2, 0.25) is 0 Å². The van der Waals surface area contributed by atoms with E-state index in [1.807, 2.05) is 0 Å². The predicted molar refractivity (Wildman–Crippen MR) is 83.9 cm³/mol. The number of H-pyrrole nitrogens is 1. The van der Waals surface area contributed by atoms with E-state index in [1.165, 1.54) is 37.8 Å². The standard InChI is InChI=1S/C17H25N3/c1-4-14-7-5-6-10-20(14)13(3)17-18-15-9-8-12(2)11-16(15)19-17/h8-9,11,13-14H,4-7,10H2,1-3H3,(H,18,19). The minimum absolute atomic E-state index is 0.382. The maximum absolute atomic E-state index is 4.80. The van der Waals surface area contributed by atoms with Crippen LogP contribution in [0.3, 0.4) is 0 Å². The Hall–Kier alpha value is -1.35. The molecular weight excluding hydrogens is 246 g/mol. The zero-order valence-corrected chi connectivity index (χ0v) is 12.8. The average Bonchev–Trinajstić information content (AvgIpc) is 2.89. The van der Waals surface area contributed by atoms with Crippen LogP contribution in [0.2, 0.25) is 0 Å². The summed E-state index contributed by atoms with van der Waals surface area (Å²) < 4.78 is 0. The van der Waals surface area contributed by atoms with Crippen LogP contribution in [0.15, 0.2) is 18.2 Å². The Labute approximate surface area is 121 Å². The normalized spacial score (nSPS) is 22.2. The molecule has 0 spiro atoms. The fraction of sp³-hybridized carbons (Fsp3) is 0.588. The van der Waals surface area contributed by atoms with Gasteiger partial charge >= 0.3 is 0 Å². The van der Waals surface area contributed by atoms with E-state index in [2.05, 4.69) is 48.9 Å². The zero-order valence-electron chi connectivity index (χ0n) is 12.8. The van der Waals surface area contributed by atoms with Gasteiger partial charge < -0.3 is 4.98 Å². The highest BCUT2D eigenvalue weighted by atomic mass is 15.2. The molecule has 0 saturated carbocycles. The lowest BCUT2D eigenvalue weighted by molar-refractivity contribution is 0.0963. The summed E-state index contributed by atoms with van der Waals surface area (Å²) in [4.78, 5) is 11.0. The molecule has 3 rings (SSSR count). The molecule has 0 radical (unpaired) electrons. The lowest BCUT2D eigenvalue weighted by Gasteiger charge is -2.38. The molecule has 3 heteroatoms. The number of imidazole rings is 1. The molecule has 0 bridgehead atoms. The van der Waals surface area contributed by atoms with Crippen molar-refractivity contribution in [3.05, 3.63) is 29.6 Å². The third kappa shape index (κ3) is 2.47. The van der Waals surface area contributed by atoms with Crippen LogP contribution in [0.1, 0.15) is 57.0 Å². The molecule has 108 valence electrons. The number of aromatic amines is 1. The van der Waals surface area contributed by atoms with Crippen LogP contribution in [0.5, 0.6) is 0 Å². The maximum Gasteiger partial charge on any atom is 0.124 e. The monoisotopic (exact) mass is 271 g/mol. The number of hydrogen-bond donors (Lipinski definition) is 1. The Kier molecular flexibility index (Phi) is 3.79. The Morgan fingerprint density at radius 2 is 2.25 bits per heavy atom. The quantitative estimate of drug-likeness (QED) is 0.907. The Balaban J connectivity index is 1.89. The summed E-state index contributed by atoms with van der Waals surface area (Å²) in [6.07, 6.45) is 5.27. The van der Waals surface area contributed by atoms with Crippen molar-refractivity contribution >= 4 is 11.0 Å². The number of piperidine rings is 1. The van der Waals surface area contributed by atoms with Crippen LogP contribution in [0.4, 0.5) is 0 Å². The second-order valence-electron chi connectivity index (χ2n) is 6.11. The lowest BCUT2D eigenvalue weighted by Crippen LogP contribution is -2.41. The van der Waals surface area contributed by atoms with Gasteiger partial charge in [-0.1, -0.05) is 19.4 Å². The van der Waals surface area contributed by atoms with Crippen molar-refractivity contribution in [1.82, 2.24) is 14.9 Å². The SMILES string of the molecule is CCC1CCCCN1C(C)c1nc2ccc(C)cc2[nH]1. The number of aryl methyl sites for hydroxylation is 1. The first-order chi connectivity index (χ1) is 9.69. The Morgan fingerprint density at radius 3 is 3.05 bits per heavy atom. The van der Waals surface area contributed by atoms with Crippen molar-refractivity contribution in [3.63, 3.8) is 0 Å². The number of nitrogens with zero attached hydrogens (tertiary/aromatic N) is 2. The second kappa shape index (κ2) is 5.57. The smallest absolute Gasteiger partial charge is 0.124 e. The number of fused-ring (bicyclic) bond motifs is 1. The van der Waals surface area contributed by atoms with Crippen LogP contribution in [0, 0.1) is 6.92 Å². The first-order valence-electron chi connectivity index (χ1n) is 7.91. The summed E-state index contributed by atoms with van der Waals surface area (Å²) in [5, 5.41) is 0. The molecule has 2 heterocycles. The van der Waals surface area contributed by atoms with Gasteiger partial charge in [-0.2, -0.15) is 0 Å². The molecule has 1 N–H and O–H groups in total. The zero-order chi connectivity index (χ0) is 14.1. The van der Waals surface area contributed by atoms with Crippen LogP contribution in [-0.4, -0.2) is 27.5 Å². The fourth-order valence-electron chi connectivity index (χ4n) is 3.47. The van der Waals surface area contributed by atoms with E-state index in [9.17, 15) is 0 Å². The lowest BCUT2D eigenvalue weighted by atomic mass is 9.98. The summed E-state index contributed by atoms with van der Waals surface area (Å²) in [5.74, 6) is 1.12. The number of hydrogen-bond acceptors (Lipinski definition) is 2.